The molecule has 0 spiro atoms. The predicted molar refractivity (Wildman–Crippen MR) is 176 cm³/mol. The van der Waals surface area contributed by atoms with Gasteiger partial charge in [-0.2, -0.15) is 0 Å². The van der Waals surface area contributed by atoms with Crippen LogP contribution in [0.25, 0.3) is 78.6 Å². The van der Waals surface area contributed by atoms with Crippen molar-refractivity contribution < 1.29 is 16.8 Å². The van der Waals surface area contributed by atoms with E-state index in [-0.39, 0.29) is 40.9 Å². The van der Waals surface area contributed by atoms with Crippen LogP contribution in [0.5, 0.6) is 0 Å². The molecular formula is C40H28O. The van der Waals surface area contributed by atoms with Crippen LogP contribution < -0.4 is 0 Å². The van der Waals surface area contributed by atoms with Crippen LogP contribution in [0.1, 0.15) is 23.5 Å². The zero-order chi connectivity index (χ0) is 35.3. The average Bonchev–Trinajstić information content (AvgIpc) is 3.54. The van der Waals surface area contributed by atoms with Crippen LogP contribution in [0.15, 0.2) is 151 Å². The highest BCUT2D eigenvalue weighted by Crippen LogP contribution is 2.50. The van der Waals surface area contributed by atoms with Crippen LogP contribution in [0.3, 0.4) is 0 Å². The minimum atomic E-state index is -0.509. The standard InChI is InChI=1S/C40H28O/c1-3-29-30(4-2)38(39-35-25-15-16-26-36(35)41-40(39)28-19-9-6-10-20-28)34-24-14-13-23-33(34)37(29)32-22-12-11-21-31(32)27-17-7-5-8-18-27/h3-26H,1-2H2/i1D,2D,3D,4D,5D,7D,8D,17D,18D. The quantitative estimate of drug-likeness (QED) is 0.207. The molecule has 0 unspecified atom stereocenters. The van der Waals surface area contributed by atoms with E-state index in [1.54, 1.807) is 24.3 Å². The van der Waals surface area contributed by atoms with Gasteiger partial charge in [-0.1, -0.05) is 152 Å². The lowest BCUT2D eigenvalue weighted by Gasteiger charge is -2.22. The highest BCUT2D eigenvalue weighted by molar-refractivity contribution is 6.17. The second-order valence-electron chi connectivity index (χ2n) is 9.55. The maximum absolute atomic E-state index is 9.24. The smallest absolute Gasteiger partial charge is 0.143 e. The van der Waals surface area contributed by atoms with E-state index in [1.807, 2.05) is 78.9 Å². The molecule has 0 saturated heterocycles. The maximum atomic E-state index is 9.24. The maximum Gasteiger partial charge on any atom is 0.143 e. The van der Waals surface area contributed by atoms with Crippen molar-refractivity contribution in [3.63, 3.8) is 0 Å². The van der Waals surface area contributed by atoms with Gasteiger partial charge in [-0.05, 0) is 50.2 Å². The van der Waals surface area contributed by atoms with Crippen LogP contribution in [-0.2, 0) is 0 Å². The van der Waals surface area contributed by atoms with Crippen LogP contribution in [0, 0.1) is 0 Å². The summed E-state index contributed by atoms with van der Waals surface area (Å²) in [7, 11) is 0. The minimum Gasteiger partial charge on any atom is -0.455 e. The van der Waals surface area contributed by atoms with Crippen molar-refractivity contribution in [3.8, 4) is 44.7 Å². The van der Waals surface area contributed by atoms with Crippen molar-refractivity contribution in [3.05, 3.63) is 158 Å². The molecule has 0 saturated carbocycles. The Kier molecular flexibility index (Phi) is 4.18. The molecule has 7 aromatic rings. The SMILES string of the molecule is [2H]C=C([2H])c1c(C([2H])=C[2H])c(-c2c(-c3ccccc3)oc3ccccc23)c2ccccc2c1-c1ccccc1-c1c([2H])c([2H])c([2H])c([2H])c1[2H]. The second kappa shape index (κ2) is 10.3. The summed E-state index contributed by atoms with van der Waals surface area (Å²) >= 11 is 0. The molecule has 0 fully saturated rings. The van der Waals surface area contributed by atoms with Gasteiger partial charge in [0.1, 0.15) is 11.3 Å². The summed E-state index contributed by atoms with van der Waals surface area (Å²) in [6.45, 7) is 1.79. The largest absolute Gasteiger partial charge is 0.455 e. The minimum absolute atomic E-state index is 0.0111. The van der Waals surface area contributed by atoms with Gasteiger partial charge in [0.2, 0.25) is 0 Å². The van der Waals surface area contributed by atoms with E-state index in [1.165, 1.54) is 0 Å². The fourth-order valence-corrected chi connectivity index (χ4v) is 5.66. The molecule has 194 valence electrons. The molecule has 0 aliphatic rings. The molecule has 0 aliphatic carbocycles. The molecule has 0 N–H and O–H groups in total. The van der Waals surface area contributed by atoms with E-state index in [4.69, 9.17) is 14.0 Å². The first-order valence-corrected chi connectivity index (χ1v) is 13.1. The Morgan fingerprint density at radius 2 is 1.15 bits per heavy atom. The van der Waals surface area contributed by atoms with E-state index in [9.17, 15) is 2.74 Å². The highest BCUT2D eigenvalue weighted by atomic mass is 16.3. The summed E-state index contributed by atoms with van der Waals surface area (Å²) in [4.78, 5) is 0. The third kappa shape index (κ3) is 4.02. The van der Waals surface area contributed by atoms with E-state index in [0.717, 1.165) is 24.1 Å². The number of hydrogen-bond donors (Lipinski definition) is 0. The molecule has 0 amide bonds. The first kappa shape index (κ1) is 16.6. The molecule has 1 aromatic heterocycles. The molecule has 0 bridgehead atoms. The van der Waals surface area contributed by atoms with Crippen molar-refractivity contribution >= 4 is 33.8 Å². The summed E-state index contributed by atoms with van der Waals surface area (Å²) in [5.41, 5.74) is 4.19. The number of rotatable bonds is 6. The molecule has 0 aliphatic heterocycles. The third-order valence-electron chi connectivity index (χ3n) is 7.35. The van der Waals surface area contributed by atoms with Gasteiger partial charge in [0, 0.05) is 22.1 Å². The normalized spacial score (nSPS) is 15.3. The Balaban J connectivity index is 1.73. The van der Waals surface area contributed by atoms with Crippen LogP contribution in [0.2, 0.25) is 0 Å². The Hall–Kier alpha value is -5.40. The van der Waals surface area contributed by atoms with Crippen LogP contribution in [-0.4, -0.2) is 0 Å². The Bertz CT molecular complexity index is 2500. The molecule has 7 rings (SSSR count). The molecular weight excluding hydrogens is 496 g/mol. The lowest BCUT2D eigenvalue weighted by atomic mass is 9.81. The number of furan rings is 1. The molecule has 1 heteroatoms. The second-order valence-corrected chi connectivity index (χ2v) is 9.55. The Labute approximate surface area is 253 Å². The average molecular weight is 534 g/mol. The molecule has 6 aromatic carbocycles. The van der Waals surface area contributed by atoms with Crippen molar-refractivity contribution in [1.29, 1.82) is 0 Å². The first-order chi connectivity index (χ1) is 24.2. The van der Waals surface area contributed by atoms with E-state index in [0.29, 0.717) is 49.9 Å². The third-order valence-corrected chi connectivity index (χ3v) is 7.35. The van der Waals surface area contributed by atoms with Crippen molar-refractivity contribution in [2.45, 2.75) is 0 Å². The lowest BCUT2D eigenvalue weighted by molar-refractivity contribution is 0.632. The van der Waals surface area contributed by atoms with Crippen molar-refractivity contribution in [1.82, 2.24) is 0 Å². The van der Waals surface area contributed by atoms with Gasteiger partial charge in [-0.3, -0.25) is 0 Å². The fourth-order valence-electron chi connectivity index (χ4n) is 5.66. The number of fused-ring (bicyclic) bond motifs is 2. The molecule has 1 nitrogen and oxygen atoms in total. The summed E-state index contributed by atoms with van der Waals surface area (Å²) < 4.78 is 84.1. The highest BCUT2D eigenvalue weighted by Gasteiger charge is 2.25. The zero-order valence-electron chi connectivity index (χ0n) is 30.9. The Morgan fingerprint density at radius 1 is 0.561 bits per heavy atom. The fraction of sp³-hybridized carbons (Fsp3) is 0. The topological polar surface area (TPSA) is 13.1 Å². The molecule has 0 atom stereocenters. The van der Waals surface area contributed by atoms with E-state index < -0.39 is 18.1 Å². The van der Waals surface area contributed by atoms with Gasteiger partial charge in [-0.25, -0.2) is 0 Å². The number of benzene rings is 6. The van der Waals surface area contributed by atoms with Crippen molar-refractivity contribution in [2.75, 3.05) is 0 Å². The summed E-state index contributed by atoms with van der Waals surface area (Å²) in [5, 5.41) is 2.06. The lowest BCUT2D eigenvalue weighted by Crippen LogP contribution is -1.97. The van der Waals surface area contributed by atoms with Gasteiger partial charge >= 0.3 is 0 Å². The number of hydrogen-bond acceptors (Lipinski definition) is 1. The monoisotopic (exact) mass is 533 g/mol. The zero-order valence-corrected chi connectivity index (χ0v) is 21.9. The summed E-state index contributed by atoms with van der Waals surface area (Å²) in [5.74, 6) is 0.538. The van der Waals surface area contributed by atoms with Crippen LogP contribution in [0.4, 0.5) is 0 Å². The van der Waals surface area contributed by atoms with Gasteiger partial charge in [0.25, 0.3) is 0 Å². The van der Waals surface area contributed by atoms with Crippen LogP contribution >= 0.6 is 0 Å². The summed E-state index contributed by atoms with van der Waals surface area (Å²) in [6, 6.07) is 28.8. The van der Waals surface area contributed by atoms with Gasteiger partial charge in [-0.15, -0.1) is 0 Å². The number of para-hydroxylation sites is 1. The summed E-state index contributed by atoms with van der Waals surface area (Å²) in [6.07, 6.45) is 0. The predicted octanol–water partition coefficient (Wildman–Crippen LogP) is 11.5. The Morgan fingerprint density at radius 3 is 1.88 bits per heavy atom. The van der Waals surface area contributed by atoms with Gasteiger partial charge in [0.05, 0.1) is 12.3 Å². The van der Waals surface area contributed by atoms with Gasteiger partial charge < -0.3 is 4.42 Å². The van der Waals surface area contributed by atoms with E-state index >= 15 is 0 Å². The van der Waals surface area contributed by atoms with Crippen molar-refractivity contribution in [2.24, 2.45) is 0 Å². The van der Waals surface area contributed by atoms with Gasteiger partial charge in [0.15, 0.2) is 0 Å². The first-order valence-electron chi connectivity index (χ1n) is 17.8. The molecule has 41 heavy (non-hydrogen) atoms. The molecule has 0 radical (unpaired) electrons. The molecule has 1 heterocycles. The van der Waals surface area contributed by atoms with E-state index in [2.05, 4.69) is 0 Å².